The lowest BCUT2D eigenvalue weighted by Gasteiger charge is -2.24. The van der Waals surface area contributed by atoms with Crippen LogP contribution in [0.25, 0.3) is 0 Å². The van der Waals surface area contributed by atoms with Crippen LogP contribution in [-0.4, -0.2) is 37.3 Å². The molecule has 0 bridgehead atoms. The van der Waals surface area contributed by atoms with Crippen LogP contribution < -0.4 is 5.32 Å². The van der Waals surface area contributed by atoms with Gasteiger partial charge >= 0.3 is 0 Å². The number of hydrogen-bond donors (Lipinski definition) is 1. The highest BCUT2D eigenvalue weighted by Crippen LogP contribution is 2.30. The fourth-order valence-electron chi connectivity index (χ4n) is 1.97. The summed E-state index contributed by atoms with van der Waals surface area (Å²) in [4.78, 5) is 10.2. The SMILES string of the molecule is CCN(C(C)C)S(=O)(=O)c1ccc(NC)cc1[N+](=O)[O-]. The molecule has 0 radical (unpaired) electrons. The third-order valence-corrected chi connectivity index (χ3v) is 5.12. The molecule has 8 heteroatoms. The van der Waals surface area contributed by atoms with E-state index < -0.39 is 20.6 Å². The Bertz CT molecular complexity index is 599. The molecular formula is C12H19N3O4S. The van der Waals surface area contributed by atoms with Gasteiger partial charge in [-0.3, -0.25) is 10.1 Å². The Morgan fingerprint density at radius 2 is 2.00 bits per heavy atom. The summed E-state index contributed by atoms with van der Waals surface area (Å²) >= 11 is 0. The monoisotopic (exact) mass is 301 g/mol. The van der Waals surface area contributed by atoms with Gasteiger partial charge in [0, 0.05) is 31.4 Å². The normalized spacial score (nSPS) is 11.9. The lowest BCUT2D eigenvalue weighted by atomic mass is 10.3. The summed E-state index contributed by atoms with van der Waals surface area (Å²) in [6.45, 7) is 5.42. The molecule has 1 rings (SSSR count). The zero-order chi connectivity index (χ0) is 15.5. The number of nitro groups is 1. The van der Waals surface area contributed by atoms with Crippen molar-refractivity contribution in [1.82, 2.24) is 4.31 Å². The summed E-state index contributed by atoms with van der Waals surface area (Å²) in [7, 11) is -2.28. The minimum atomic E-state index is -3.89. The zero-order valence-electron chi connectivity index (χ0n) is 12.0. The summed E-state index contributed by atoms with van der Waals surface area (Å²) in [6, 6.07) is 3.73. The molecule has 0 spiro atoms. The number of sulfonamides is 1. The number of nitrogens with zero attached hydrogens (tertiary/aromatic N) is 2. The van der Waals surface area contributed by atoms with Gasteiger partial charge in [-0.1, -0.05) is 6.92 Å². The smallest absolute Gasteiger partial charge is 0.291 e. The van der Waals surface area contributed by atoms with E-state index in [1.54, 1.807) is 27.8 Å². The molecule has 0 unspecified atom stereocenters. The number of anilines is 1. The van der Waals surface area contributed by atoms with Crippen LogP contribution in [0.4, 0.5) is 11.4 Å². The highest BCUT2D eigenvalue weighted by molar-refractivity contribution is 7.89. The molecule has 0 aliphatic carbocycles. The Kier molecular flexibility index (Phi) is 5.07. The molecule has 7 nitrogen and oxygen atoms in total. The van der Waals surface area contributed by atoms with Crippen LogP contribution >= 0.6 is 0 Å². The Morgan fingerprint density at radius 3 is 2.40 bits per heavy atom. The van der Waals surface area contributed by atoms with Crippen molar-refractivity contribution in [2.45, 2.75) is 31.7 Å². The van der Waals surface area contributed by atoms with Gasteiger partial charge in [-0.05, 0) is 26.0 Å². The minimum Gasteiger partial charge on any atom is -0.388 e. The van der Waals surface area contributed by atoms with Crippen molar-refractivity contribution in [2.24, 2.45) is 0 Å². The highest BCUT2D eigenvalue weighted by Gasteiger charge is 2.32. The Morgan fingerprint density at radius 1 is 1.40 bits per heavy atom. The fraction of sp³-hybridized carbons (Fsp3) is 0.500. The van der Waals surface area contributed by atoms with Gasteiger partial charge in [0.2, 0.25) is 10.0 Å². The van der Waals surface area contributed by atoms with E-state index >= 15 is 0 Å². The maximum atomic E-state index is 12.5. The highest BCUT2D eigenvalue weighted by atomic mass is 32.2. The van der Waals surface area contributed by atoms with Crippen molar-refractivity contribution in [3.05, 3.63) is 28.3 Å². The van der Waals surface area contributed by atoms with E-state index in [9.17, 15) is 18.5 Å². The van der Waals surface area contributed by atoms with Gasteiger partial charge in [-0.2, -0.15) is 4.31 Å². The van der Waals surface area contributed by atoms with E-state index in [0.29, 0.717) is 5.69 Å². The number of benzene rings is 1. The van der Waals surface area contributed by atoms with Crippen LogP contribution in [0.2, 0.25) is 0 Å². The zero-order valence-corrected chi connectivity index (χ0v) is 12.8. The molecule has 20 heavy (non-hydrogen) atoms. The molecule has 0 aliphatic rings. The summed E-state index contributed by atoms with van der Waals surface area (Å²) in [5, 5.41) is 13.9. The molecule has 1 aromatic carbocycles. The third-order valence-electron chi connectivity index (χ3n) is 2.92. The van der Waals surface area contributed by atoms with Crippen LogP contribution in [0.5, 0.6) is 0 Å². The predicted molar refractivity (Wildman–Crippen MR) is 77.3 cm³/mol. The topological polar surface area (TPSA) is 92.6 Å². The third kappa shape index (κ3) is 3.07. The number of nitro benzene ring substituents is 1. The van der Waals surface area contributed by atoms with E-state index in [-0.39, 0.29) is 17.5 Å². The average Bonchev–Trinajstić information content (AvgIpc) is 2.37. The van der Waals surface area contributed by atoms with Crippen molar-refractivity contribution in [2.75, 3.05) is 18.9 Å². The summed E-state index contributed by atoms with van der Waals surface area (Å²) in [5.74, 6) is 0. The lowest BCUT2D eigenvalue weighted by molar-refractivity contribution is -0.387. The number of rotatable bonds is 6. The van der Waals surface area contributed by atoms with Crippen molar-refractivity contribution in [3.63, 3.8) is 0 Å². The Hall–Kier alpha value is -1.67. The number of nitrogens with one attached hydrogen (secondary N) is 1. The Labute approximate surface area is 118 Å². The van der Waals surface area contributed by atoms with Crippen molar-refractivity contribution >= 4 is 21.4 Å². The van der Waals surface area contributed by atoms with Crippen molar-refractivity contribution < 1.29 is 13.3 Å². The molecule has 0 fully saturated rings. The number of hydrogen-bond acceptors (Lipinski definition) is 5. The molecule has 0 aromatic heterocycles. The molecule has 0 heterocycles. The maximum Gasteiger partial charge on any atom is 0.291 e. The fourth-order valence-corrected chi connectivity index (χ4v) is 3.76. The van der Waals surface area contributed by atoms with Crippen molar-refractivity contribution in [3.8, 4) is 0 Å². The van der Waals surface area contributed by atoms with Crippen LogP contribution in [0.3, 0.4) is 0 Å². The molecule has 0 aliphatic heterocycles. The first-order chi connectivity index (χ1) is 9.25. The first-order valence-electron chi connectivity index (χ1n) is 6.23. The van der Waals surface area contributed by atoms with E-state index in [4.69, 9.17) is 0 Å². The minimum absolute atomic E-state index is 0.255. The summed E-state index contributed by atoms with van der Waals surface area (Å²) in [6.07, 6.45) is 0. The first-order valence-corrected chi connectivity index (χ1v) is 7.67. The van der Waals surface area contributed by atoms with Gasteiger partial charge in [0.25, 0.3) is 5.69 Å². The van der Waals surface area contributed by atoms with Crippen LogP contribution in [0.1, 0.15) is 20.8 Å². The molecule has 1 aromatic rings. The molecule has 112 valence electrons. The molecule has 1 N–H and O–H groups in total. The second kappa shape index (κ2) is 6.19. The lowest BCUT2D eigenvalue weighted by Crippen LogP contribution is -2.36. The first kappa shape index (κ1) is 16.4. The van der Waals surface area contributed by atoms with E-state index in [0.717, 1.165) is 0 Å². The van der Waals surface area contributed by atoms with E-state index in [1.165, 1.54) is 22.5 Å². The maximum absolute atomic E-state index is 12.5. The second-order valence-electron chi connectivity index (χ2n) is 4.49. The van der Waals surface area contributed by atoms with Crippen LogP contribution in [-0.2, 0) is 10.0 Å². The summed E-state index contributed by atoms with van der Waals surface area (Å²) < 4.78 is 26.3. The molecule has 0 saturated heterocycles. The van der Waals surface area contributed by atoms with Gasteiger partial charge < -0.3 is 5.32 Å². The van der Waals surface area contributed by atoms with Gasteiger partial charge in [0.1, 0.15) is 0 Å². The summed E-state index contributed by atoms with van der Waals surface area (Å²) in [5.41, 5.74) is 0.0687. The molecular weight excluding hydrogens is 282 g/mol. The van der Waals surface area contributed by atoms with E-state index in [2.05, 4.69) is 5.32 Å². The molecule has 0 amide bonds. The van der Waals surface area contributed by atoms with Gasteiger partial charge in [-0.15, -0.1) is 0 Å². The predicted octanol–water partition coefficient (Wildman–Crippen LogP) is 2.06. The van der Waals surface area contributed by atoms with Gasteiger partial charge in [0.05, 0.1) is 4.92 Å². The Balaban J connectivity index is 3.49. The standard InChI is InChI=1S/C12H19N3O4S/c1-5-14(9(2)3)20(18,19)12-7-6-10(13-4)8-11(12)15(16)17/h6-9,13H,5H2,1-4H3. The largest absolute Gasteiger partial charge is 0.388 e. The molecule has 0 atom stereocenters. The average molecular weight is 301 g/mol. The van der Waals surface area contributed by atoms with Gasteiger partial charge in [-0.25, -0.2) is 8.42 Å². The second-order valence-corrected chi connectivity index (χ2v) is 6.35. The quantitative estimate of drug-likeness (QED) is 0.641. The van der Waals surface area contributed by atoms with E-state index in [1.807, 2.05) is 0 Å². The molecule has 0 saturated carbocycles. The van der Waals surface area contributed by atoms with Crippen molar-refractivity contribution in [1.29, 1.82) is 0 Å². The van der Waals surface area contributed by atoms with Crippen LogP contribution in [0.15, 0.2) is 23.1 Å². The van der Waals surface area contributed by atoms with Gasteiger partial charge in [0.15, 0.2) is 4.90 Å². The van der Waals surface area contributed by atoms with Crippen LogP contribution in [0, 0.1) is 10.1 Å².